The molecule has 30 heavy (non-hydrogen) atoms. The quantitative estimate of drug-likeness (QED) is 0.389. The van der Waals surface area contributed by atoms with Gasteiger partial charge in [0, 0.05) is 27.3 Å². The minimum atomic E-state index is -0.0468. The maximum Gasteiger partial charge on any atom is 0.260 e. The summed E-state index contributed by atoms with van der Waals surface area (Å²) in [6, 6.07) is 11.7. The maximum atomic E-state index is 13.5. The third-order valence-corrected chi connectivity index (χ3v) is 7.56. The van der Waals surface area contributed by atoms with Crippen molar-refractivity contribution < 1.29 is 9.53 Å². The lowest BCUT2D eigenvalue weighted by Gasteiger charge is -2.23. The number of anilines is 1. The molecule has 0 spiro atoms. The number of thioether (sulfide) groups is 1. The first-order valence-corrected chi connectivity index (χ1v) is 12.3. The van der Waals surface area contributed by atoms with Crippen molar-refractivity contribution in [1.29, 1.82) is 0 Å². The number of hydrogen-bond donors (Lipinski definition) is 0. The maximum absolute atomic E-state index is 13.5. The molecule has 1 amide bonds. The van der Waals surface area contributed by atoms with Crippen LogP contribution < -0.4 is 4.90 Å². The first-order valence-electron chi connectivity index (χ1n) is 10.2. The molecule has 2 aromatic carbocycles. The molecule has 158 valence electrons. The summed E-state index contributed by atoms with van der Waals surface area (Å²) >= 11 is 9.60. The van der Waals surface area contributed by atoms with Crippen molar-refractivity contribution in [2.24, 2.45) is 0 Å². The number of halogens is 1. The molecule has 1 atom stereocenters. The summed E-state index contributed by atoms with van der Waals surface area (Å²) in [5, 5.41) is 1.88. The van der Waals surface area contributed by atoms with Crippen molar-refractivity contribution in [1.82, 2.24) is 4.98 Å². The van der Waals surface area contributed by atoms with Gasteiger partial charge in [-0.3, -0.25) is 9.69 Å². The van der Waals surface area contributed by atoms with E-state index in [1.165, 1.54) is 11.3 Å². The van der Waals surface area contributed by atoms with E-state index in [1.807, 2.05) is 43.3 Å². The van der Waals surface area contributed by atoms with Crippen molar-refractivity contribution >= 4 is 56.0 Å². The highest BCUT2D eigenvalue weighted by molar-refractivity contribution is 7.99. The predicted octanol–water partition coefficient (Wildman–Crippen LogP) is 6.58. The van der Waals surface area contributed by atoms with E-state index >= 15 is 0 Å². The molecule has 1 saturated heterocycles. The third-order valence-electron chi connectivity index (χ3n) is 5.10. The zero-order valence-electron chi connectivity index (χ0n) is 17.4. The summed E-state index contributed by atoms with van der Waals surface area (Å²) in [4.78, 5) is 21.2. The molecule has 0 saturated carbocycles. The van der Waals surface area contributed by atoms with E-state index in [4.69, 9.17) is 21.3 Å². The summed E-state index contributed by atoms with van der Waals surface area (Å²) in [7, 11) is 0. The second-order valence-corrected chi connectivity index (χ2v) is 10.8. The summed E-state index contributed by atoms with van der Waals surface area (Å²) < 4.78 is 6.86. The van der Waals surface area contributed by atoms with Gasteiger partial charge in [0.15, 0.2) is 5.13 Å². The van der Waals surface area contributed by atoms with Gasteiger partial charge in [0.1, 0.15) is 0 Å². The molecule has 4 nitrogen and oxygen atoms in total. The lowest BCUT2D eigenvalue weighted by Crippen LogP contribution is -2.37. The Hall–Kier alpha value is -1.60. The van der Waals surface area contributed by atoms with Gasteiger partial charge in [0.05, 0.1) is 22.9 Å². The van der Waals surface area contributed by atoms with Crippen LogP contribution in [0.2, 0.25) is 5.02 Å². The van der Waals surface area contributed by atoms with E-state index in [-0.39, 0.29) is 12.0 Å². The molecular weight excluding hydrogens is 436 g/mol. The topological polar surface area (TPSA) is 42.4 Å². The normalized spacial score (nSPS) is 16.5. The second-order valence-electron chi connectivity index (χ2n) is 7.76. The molecule has 1 aliphatic heterocycles. The van der Waals surface area contributed by atoms with Crippen molar-refractivity contribution in [3.8, 4) is 0 Å². The van der Waals surface area contributed by atoms with E-state index < -0.39 is 0 Å². The Morgan fingerprint density at radius 1 is 1.30 bits per heavy atom. The summed E-state index contributed by atoms with van der Waals surface area (Å²) in [5.74, 6) is -0.0468. The molecule has 0 N–H and O–H groups in total. The van der Waals surface area contributed by atoms with Crippen LogP contribution in [0.15, 0.2) is 41.3 Å². The third kappa shape index (κ3) is 4.67. The van der Waals surface area contributed by atoms with Crippen molar-refractivity contribution in [2.75, 3.05) is 18.1 Å². The molecular formula is C23H25ClN2O2S2. The number of carbonyl (C=O) groups is 1. The van der Waals surface area contributed by atoms with Crippen LogP contribution in [0.5, 0.6) is 0 Å². The Labute approximate surface area is 190 Å². The lowest BCUT2D eigenvalue weighted by molar-refractivity contribution is 0.0917. The second kappa shape index (κ2) is 9.27. The van der Waals surface area contributed by atoms with E-state index in [0.717, 1.165) is 40.1 Å². The number of carbonyl (C=O) groups excluding carboxylic acids is 1. The number of rotatable bonds is 6. The van der Waals surface area contributed by atoms with Crippen LogP contribution in [0.25, 0.3) is 10.2 Å². The van der Waals surface area contributed by atoms with Crippen molar-refractivity contribution in [3.05, 3.63) is 52.5 Å². The number of hydrogen-bond acceptors (Lipinski definition) is 5. The van der Waals surface area contributed by atoms with Gasteiger partial charge < -0.3 is 4.74 Å². The minimum Gasteiger partial charge on any atom is -0.376 e. The zero-order valence-corrected chi connectivity index (χ0v) is 19.7. The first-order chi connectivity index (χ1) is 14.4. The predicted molar refractivity (Wildman–Crippen MR) is 127 cm³/mol. The number of benzene rings is 2. The summed E-state index contributed by atoms with van der Waals surface area (Å²) in [6.07, 6.45) is 2.03. The van der Waals surface area contributed by atoms with Gasteiger partial charge >= 0.3 is 0 Å². The standard InChI is InChI=1S/C23H25ClN2O2S2/c1-14(2)29-18-8-6-16(7-9-18)22(27)26(13-17-5-4-12-28-17)23-25-21-15(3)19(24)10-11-20(21)30-23/h6-11,14,17H,4-5,12-13H2,1-3H3. The number of amides is 1. The SMILES string of the molecule is Cc1c(Cl)ccc2sc(N(CC3CCCO3)C(=O)c3ccc(SC(C)C)cc3)nc12. The smallest absolute Gasteiger partial charge is 0.260 e. The molecule has 0 aliphatic carbocycles. The number of nitrogens with zero attached hydrogens (tertiary/aromatic N) is 2. The largest absolute Gasteiger partial charge is 0.376 e. The van der Waals surface area contributed by atoms with Crippen molar-refractivity contribution in [2.45, 2.75) is 49.9 Å². The fourth-order valence-corrected chi connectivity index (χ4v) is 5.57. The minimum absolute atomic E-state index is 0.0430. The summed E-state index contributed by atoms with van der Waals surface area (Å²) in [5.41, 5.74) is 2.46. The van der Waals surface area contributed by atoms with Crippen LogP contribution in [0.4, 0.5) is 5.13 Å². The average molecular weight is 461 g/mol. The average Bonchev–Trinajstić information content (AvgIpc) is 3.38. The fourth-order valence-electron chi connectivity index (χ4n) is 3.55. The number of aryl methyl sites for hydroxylation is 1. The van der Waals surface area contributed by atoms with Crippen LogP contribution in [0, 0.1) is 6.92 Å². The monoisotopic (exact) mass is 460 g/mol. The number of aromatic nitrogens is 1. The van der Waals surface area contributed by atoms with Crippen molar-refractivity contribution in [3.63, 3.8) is 0 Å². The molecule has 1 unspecified atom stereocenters. The summed E-state index contributed by atoms with van der Waals surface area (Å²) in [6.45, 7) is 7.55. The molecule has 0 bridgehead atoms. The molecule has 1 aromatic heterocycles. The van der Waals surface area contributed by atoms with Gasteiger partial charge in [-0.15, -0.1) is 11.8 Å². The Morgan fingerprint density at radius 2 is 2.07 bits per heavy atom. The number of ether oxygens (including phenoxy) is 1. The Bertz CT molecular complexity index is 1040. The first kappa shape index (κ1) is 21.6. The van der Waals surface area contributed by atoms with Gasteiger partial charge in [-0.05, 0) is 61.7 Å². The van der Waals surface area contributed by atoms with Gasteiger partial charge in [-0.1, -0.05) is 36.8 Å². The van der Waals surface area contributed by atoms with Gasteiger partial charge in [-0.25, -0.2) is 4.98 Å². The molecule has 1 aliphatic rings. The number of fused-ring (bicyclic) bond motifs is 1. The number of thiazole rings is 1. The highest BCUT2D eigenvalue weighted by Crippen LogP contribution is 2.35. The molecule has 3 aromatic rings. The van der Waals surface area contributed by atoms with E-state index in [9.17, 15) is 4.79 Å². The highest BCUT2D eigenvalue weighted by Gasteiger charge is 2.27. The van der Waals surface area contributed by atoms with Crippen LogP contribution in [-0.4, -0.2) is 35.4 Å². The molecule has 2 heterocycles. The van der Waals surface area contributed by atoms with E-state index in [1.54, 1.807) is 16.7 Å². The highest BCUT2D eigenvalue weighted by atomic mass is 35.5. The molecule has 7 heteroatoms. The van der Waals surface area contributed by atoms with Crippen LogP contribution >= 0.6 is 34.7 Å². The van der Waals surface area contributed by atoms with Gasteiger partial charge in [-0.2, -0.15) is 0 Å². The van der Waals surface area contributed by atoms with E-state index in [2.05, 4.69) is 13.8 Å². The van der Waals surface area contributed by atoms with Crippen LogP contribution in [0.1, 0.15) is 42.6 Å². The van der Waals surface area contributed by atoms with Gasteiger partial charge in [0.25, 0.3) is 5.91 Å². The lowest BCUT2D eigenvalue weighted by atomic mass is 10.2. The molecule has 1 fully saturated rings. The Kier molecular flexibility index (Phi) is 6.68. The molecule has 0 radical (unpaired) electrons. The van der Waals surface area contributed by atoms with Crippen LogP contribution in [0.3, 0.4) is 0 Å². The Balaban J connectivity index is 1.67. The van der Waals surface area contributed by atoms with Gasteiger partial charge in [0.2, 0.25) is 0 Å². The van der Waals surface area contributed by atoms with Crippen LogP contribution in [-0.2, 0) is 4.74 Å². The Morgan fingerprint density at radius 3 is 2.73 bits per heavy atom. The zero-order chi connectivity index (χ0) is 21.3. The molecule has 4 rings (SSSR count). The van der Waals surface area contributed by atoms with E-state index in [0.29, 0.717) is 27.5 Å². The fraction of sp³-hybridized carbons (Fsp3) is 0.391.